The molecule has 0 spiro atoms. The van der Waals surface area contributed by atoms with Crippen molar-refractivity contribution in [1.82, 2.24) is 4.90 Å². The third kappa shape index (κ3) is 2.89. The van der Waals surface area contributed by atoms with Crippen molar-refractivity contribution >= 4 is 34.2 Å². The number of carbonyl (C=O) groups is 4. The van der Waals surface area contributed by atoms with E-state index in [1.54, 1.807) is 19.9 Å². The Morgan fingerprint density at radius 2 is 1.77 bits per heavy atom. The Kier molecular flexibility index (Phi) is 4.72. The predicted molar refractivity (Wildman–Crippen MR) is 129 cm³/mol. The fraction of sp³-hybridized carbons (Fsp3) is 0.310. The number of hydrogen-bond acceptors (Lipinski definition) is 5. The van der Waals surface area contributed by atoms with Crippen LogP contribution in [0.2, 0.25) is 0 Å². The molecule has 1 heterocycles. The summed E-state index contributed by atoms with van der Waals surface area (Å²) in [6, 6.07) is 11.1. The highest BCUT2D eigenvalue weighted by atomic mass is 16.3. The van der Waals surface area contributed by atoms with Crippen LogP contribution in [0, 0.1) is 17.8 Å². The third-order valence-corrected chi connectivity index (χ3v) is 8.21. The van der Waals surface area contributed by atoms with Crippen LogP contribution in [-0.2, 0) is 19.2 Å². The number of benzene rings is 2. The Bertz CT molecular complexity index is 1460. The second kappa shape index (κ2) is 7.60. The summed E-state index contributed by atoms with van der Waals surface area (Å²) < 4.78 is 0. The van der Waals surface area contributed by atoms with E-state index in [9.17, 15) is 24.3 Å². The number of carbonyl (C=O) groups excluding carboxylic acids is 4. The van der Waals surface area contributed by atoms with Crippen LogP contribution >= 0.6 is 0 Å². The van der Waals surface area contributed by atoms with Crippen LogP contribution in [0.1, 0.15) is 38.2 Å². The van der Waals surface area contributed by atoms with E-state index in [2.05, 4.69) is 0 Å². The van der Waals surface area contributed by atoms with Gasteiger partial charge in [-0.25, -0.2) is 0 Å². The molecule has 4 atom stereocenters. The number of ketones is 2. The zero-order valence-electron chi connectivity index (χ0n) is 19.6. The van der Waals surface area contributed by atoms with Gasteiger partial charge >= 0.3 is 0 Å². The van der Waals surface area contributed by atoms with Gasteiger partial charge in [-0.1, -0.05) is 42.0 Å². The number of fused-ring (bicyclic) bond motifs is 4. The molecule has 35 heavy (non-hydrogen) atoms. The molecule has 2 aromatic carbocycles. The molecule has 2 amide bonds. The van der Waals surface area contributed by atoms with Crippen LogP contribution in [0.4, 0.5) is 0 Å². The highest BCUT2D eigenvalue weighted by molar-refractivity contribution is 6.24. The molecule has 2 aromatic rings. The molecule has 176 valence electrons. The smallest absolute Gasteiger partial charge is 0.233 e. The molecule has 4 aliphatic rings. The molecule has 6 rings (SSSR count). The second-order valence-electron chi connectivity index (χ2n) is 9.87. The lowest BCUT2D eigenvalue weighted by atomic mass is 9.59. The summed E-state index contributed by atoms with van der Waals surface area (Å²) in [5, 5.41) is 12.8. The Balaban J connectivity index is 1.63. The summed E-state index contributed by atoms with van der Waals surface area (Å²) >= 11 is 0. The van der Waals surface area contributed by atoms with Crippen LogP contribution in [-0.4, -0.2) is 39.9 Å². The van der Waals surface area contributed by atoms with Crippen molar-refractivity contribution in [2.75, 3.05) is 6.54 Å². The Morgan fingerprint density at radius 1 is 1.00 bits per heavy atom. The highest BCUT2D eigenvalue weighted by Gasteiger charge is 2.56. The van der Waals surface area contributed by atoms with E-state index < -0.39 is 17.8 Å². The second-order valence-corrected chi connectivity index (χ2v) is 9.87. The quantitative estimate of drug-likeness (QED) is 0.410. The molecule has 1 saturated heterocycles. The highest BCUT2D eigenvalue weighted by Crippen LogP contribution is 2.56. The molecule has 6 nitrogen and oxygen atoms in total. The van der Waals surface area contributed by atoms with Crippen LogP contribution in [0.5, 0.6) is 5.75 Å². The van der Waals surface area contributed by atoms with E-state index in [4.69, 9.17) is 0 Å². The number of allylic oxidation sites excluding steroid dienone is 6. The van der Waals surface area contributed by atoms with Gasteiger partial charge in [0.15, 0.2) is 11.6 Å². The molecule has 1 fully saturated rings. The molecule has 0 radical (unpaired) electrons. The van der Waals surface area contributed by atoms with Gasteiger partial charge in [0.05, 0.1) is 11.8 Å². The zero-order chi connectivity index (χ0) is 24.6. The summed E-state index contributed by atoms with van der Waals surface area (Å²) in [4.78, 5) is 54.4. The van der Waals surface area contributed by atoms with Gasteiger partial charge in [-0.15, -0.1) is 0 Å². The summed E-state index contributed by atoms with van der Waals surface area (Å²) in [5.41, 5.74) is 2.59. The topological polar surface area (TPSA) is 91.8 Å². The first kappa shape index (κ1) is 21.7. The van der Waals surface area contributed by atoms with Gasteiger partial charge in [0.1, 0.15) is 5.75 Å². The number of amides is 2. The lowest BCUT2D eigenvalue weighted by Crippen LogP contribution is -2.39. The van der Waals surface area contributed by atoms with Crippen molar-refractivity contribution in [2.24, 2.45) is 17.8 Å². The van der Waals surface area contributed by atoms with Crippen LogP contribution in [0.15, 0.2) is 70.8 Å². The predicted octanol–water partition coefficient (Wildman–Crippen LogP) is 3.99. The molecule has 0 saturated carbocycles. The van der Waals surface area contributed by atoms with Crippen molar-refractivity contribution < 1.29 is 24.3 Å². The maximum absolute atomic E-state index is 13.5. The van der Waals surface area contributed by atoms with Gasteiger partial charge in [0.25, 0.3) is 0 Å². The van der Waals surface area contributed by atoms with E-state index >= 15 is 0 Å². The van der Waals surface area contributed by atoms with E-state index in [1.165, 1.54) is 11.0 Å². The first-order chi connectivity index (χ1) is 16.8. The number of phenols is 1. The first-order valence-electron chi connectivity index (χ1n) is 12.1. The minimum Gasteiger partial charge on any atom is -0.508 e. The monoisotopic (exact) mass is 467 g/mol. The van der Waals surface area contributed by atoms with Crippen molar-refractivity contribution in [3.05, 3.63) is 76.4 Å². The molecule has 0 bridgehead atoms. The lowest BCUT2D eigenvalue weighted by Gasteiger charge is -2.42. The molecular weight excluding hydrogens is 442 g/mol. The van der Waals surface area contributed by atoms with Crippen LogP contribution < -0.4 is 0 Å². The number of likely N-dealkylation sites (tertiary alicyclic amines) is 1. The molecule has 1 aliphatic heterocycles. The Labute approximate surface area is 202 Å². The van der Waals surface area contributed by atoms with Gasteiger partial charge in [0, 0.05) is 34.7 Å². The maximum Gasteiger partial charge on any atom is 0.233 e. The summed E-state index contributed by atoms with van der Waals surface area (Å²) in [5.74, 6) is -2.82. The lowest BCUT2D eigenvalue weighted by molar-refractivity contribution is -0.139. The average molecular weight is 468 g/mol. The van der Waals surface area contributed by atoms with Gasteiger partial charge in [-0.2, -0.15) is 0 Å². The number of aromatic hydroxyl groups is 1. The van der Waals surface area contributed by atoms with Crippen LogP contribution in [0.25, 0.3) is 10.8 Å². The minimum atomic E-state index is -0.658. The number of rotatable bonds is 2. The fourth-order valence-corrected chi connectivity index (χ4v) is 6.66. The van der Waals surface area contributed by atoms with E-state index in [0.717, 1.165) is 16.3 Å². The number of imide groups is 1. The molecular formula is C29H25NO5. The summed E-state index contributed by atoms with van der Waals surface area (Å²) in [7, 11) is 0. The van der Waals surface area contributed by atoms with Gasteiger partial charge in [-0.3, -0.25) is 24.1 Å². The third-order valence-electron chi connectivity index (χ3n) is 8.21. The fourth-order valence-electron chi connectivity index (χ4n) is 6.66. The minimum absolute atomic E-state index is 0.0423. The van der Waals surface area contributed by atoms with E-state index in [-0.39, 0.29) is 41.5 Å². The molecule has 3 aliphatic carbocycles. The van der Waals surface area contributed by atoms with Crippen molar-refractivity contribution in [3.63, 3.8) is 0 Å². The number of hydrogen-bond donors (Lipinski definition) is 1. The summed E-state index contributed by atoms with van der Waals surface area (Å²) in [6.07, 6.45) is 4.00. The van der Waals surface area contributed by atoms with Crippen molar-refractivity contribution in [3.8, 4) is 5.75 Å². The Morgan fingerprint density at radius 3 is 2.54 bits per heavy atom. The molecule has 1 N–H and O–H groups in total. The first-order valence-corrected chi connectivity index (χ1v) is 12.1. The largest absolute Gasteiger partial charge is 0.508 e. The van der Waals surface area contributed by atoms with E-state index in [1.807, 2.05) is 36.4 Å². The normalized spacial score (nSPS) is 28.1. The van der Waals surface area contributed by atoms with Crippen molar-refractivity contribution in [1.29, 1.82) is 0 Å². The van der Waals surface area contributed by atoms with E-state index in [0.29, 0.717) is 35.2 Å². The number of Topliss-reactive ketones (excluding diaryl/α,β-unsaturated/α-hetero) is 1. The molecule has 6 heteroatoms. The SMILES string of the molecule is CCN1C(=O)[C@H]2[C@H](CC=C3[C@H](c4c(O)ccc5ccccc45)C4=C(C[C@H]32)C(=O)C=C(C)C4=O)C1=O. The van der Waals surface area contributed by atoms with Gasteiger partial charge in [-0.05, 0) is 55.5 Å². The van der Waals surface area contributed by atoms with Gasteiger partial charge in [0.2, 0.25) is 11.8 Å². The maximum atomic E-state index is 13.5. The number of nitrogens with zero attached hydrogens (tertiary/aromatic N) is 1. The summed E-state index contributed by atoms with van der Waals surface area (Å²) in [6.45, 7) is 3.74. The standard InChI is InChI=1S/C29H25NO5/c1-3-30-28(34)18-10-9-17-19(23(18)29(30)35)13-20-22(32)12-14(2)27(33)26(20)25(17)24-16-7-5-4-6-15(16)8-11-21(24)31/h4-9,11-12,18-19,23,25,31H,3,10,13H2,1-2H3/t18-,19+,23-,25+/m0/s1. The van der Waals surface area contributed by atoms with Crippen molar-refractivity contribution in [2.45, 2.75) is 32.6 Å². The Hall–Kier alpha value is -3.80. The van der Waals surface area contributed by atoms with Gasteiger partial charge < -0.3 is 5.11 Å². The zero-order valence-corrected chi connectivity index (χ0v) is 19.6. The molecule has 0 aromatic heterocycles. The van der Waals surface area contributed by atoms with Crippen LogP contribution in [0.3, 0.4) is 0 Å². The molecule has 0 unspecified atom stereocenters. The number of phenolic OH excluding ortho intramolecular Hbond substituents is 1. The average Bonchev–Trinajstić information content (AvgIpc) is 3.11.